The van der Waals surface area contributed by atoms with E-state index in [-0.39, 0.29) is 0 Å². The highest BCUT2D eigenvalue weighted by molar-refractivity contribution is 4.89. The second kappa shape index (κ2) is 4.97. The van der Waals surface area contributed by atoms with Gasteiger partial charge in [-0.15, -0.1) is 0 Å². The highest BCUT2D eigenvalue weighted by Gasteiger charge is 1.88. The first-order chi connectivity index (χ1) is 5.43. The number of ether oxygens (including phenoxy) is 1. The summed E-state index contributed by atoms with van der Waals surface area (Å²) in [6.45, 7) is 4.78. The van der Waals surface area contributed by atoms with E-state index in [4.69, 9.17) is 4.74 Å². The van der Waals surface area contributed by atoms with Crippen LogP contribution in [0.1, 0.15) is 13.3 Å². The maximum atomic E-state index is 5.22. The van der Waals surface area contributed by atoms with Gasteiger partial charge < -0.3 is 9.30 Å². The van der Waals surface area contributed by atoms with Gasteiger partial charge in [0.05, 0.1) is 0 Å². The molecule has 0 saturated carbocycles. The van der Waals surface area contributed by atoms with Gasteiger partial charge in [0, 0.05) is 32.2 Å². The lowest BCUT2D eigenvalue weighted by molar-refractivity contribution is 0.141. The Kier molecular flexibility index (Phi) is 3.76. The van der Waals surface area contributed by atoms with Crippen LogP contribution in [-0.2, 0) is 11.3 Å². The summed E-state index contributed by atoms with van der Waals surface area (Å²) < 4.78 is 7.38. The Morgan fingerprint density at radius 1 is 1.27 bits per heavy atom. The van der Waals surface area contributed by atoms with Crippen molar-refractivity contribution in [1.29, 1.82) is 0 Å². The maximum absolute atomic E-state index is 5.22. The molecule has 1 heterocycles. The highest BCUT2D eigenvalue weighted by atomic mass is 16.5. The molecule has 1 aromatic heterocycles. The molecule has 0 atom stereocenters. The van der Waals surface area contributed by atoms with Crippen molar-refractivity contribution in [2.45, 2.75) is 19.9 Å². The second-order valence-electron chi connectivity index (χ2n) is 2.47. The molecule has 1 aromatic rings. The van der Waals surface area contributed by atoms with Crippen molar-refractivity contribution in [2.24, 2.45) is 0 Å². The fraction of sp³-hybridized carbons (Fsp3) is 0.556. The SMILES string of the molecule is CCOCCCn1cccc1. The van der Waals surface area contributed by atoms with Gasteiger partial charge in [-0.25, -0.2) is 0 Å². The molecule has 0 fully saturated rings. The van der Waals surface area contributed by atoms with E-state index in [0.717, 1.165) is 26.2 Å². The molecule has 11 heavy (non-hydrogen) atoms. The van der Waals surface area contributed by atoms with Crippen LogP contribution >= 0.6 is 0 Å². The largest absolute Gasteiger partial charge is 0.382 e. The summed E-state index contributed by atoms with van der Waals surface area (Å²) >= 11 is 0. The molecule has 0 bridgehead atoms. The van der Waals surface area contributed by atoms with Crippen LogP contribution in [-0.4, -0.2) is 17.8 Å². The minimum atomic E-state index is 0.825. The highest BCUT2D eigenvalue weighted by Crippen LogP contribution is 1.93. The van der Waals surface area contributed by atoms with Gasteiger partial charge in [0.25, 0.3) is 0 Å². The van der Waals surface area contributed by atoms with Gasteiger partial charge in [-0.3, -0.25) is 0 Å². The van der Waals surface area contributed by atoms with E-state index >= 15 is 0 Å². The van der Waals surface area contributed by atoms with Crippen LogP contribution in [0.2, 0.25) is 0 Å². The normalized spacial score (nSPS) is 10.3. The zero-order valence-electron chi connectivity index (χ0n) is 6.99. The zero-order valence-corrected chi connectivity index (χ0v) is 6.99. The zero-order chi connectivity index (χ0) is 7.94. The molecule has 62 valence electrons. The Labute approximate surface area is 67.8 Å². The van der Waals surface area contributed by atoms with E-state index in [1.54, 1.807) is 0 Å². The minimum absolute atomic E-state index is 0.825. The molecule has 0 aliphatic rings. The van der Waals surface area contributed by atoms with Crippen molar-refractivity contribution >= 4 is 0 Å². The molecule has 0 saturated heterocycles. The Bertz CT molecular complexity index is 170. The molecular weight excluding hydrogens is 138 g/mol. The molecule has 0 amide bonds. The fourth-order valence-electron chi connectivity index (χ4n) is 1.01. The molecule has 2 nitrogen and oxygen atoms in total. The van der Waals surface area contributed by atoms with Crippen LogP contribution in [0.4, 0.5) is 0 Å². The first-order valence-electron chi connectivity index (χ1n) is 4.12. The molecule has 0 radical (unpaired) electrons. The van der Waals surface area contributed by atoms with Crippen LogP contribution in [0, 0.1) is 0 Å². The third-order valence-electron chi connectivity index (χ3n) is 1.58. The predicted molar refractivity (Wildman–Crippen MR) is 45.5 cm³/mol. The van der Waals surface area contributed by atoms with Gasteiger partial charge in [0.2, 0.25) is 0 Å². The maximum Gasteiger partial charge on any atom is 0.0482 e. The Morgan fingerprint density at radius 2 is 2.00 bits per heavy atom. The molecule has 0 spiro atoms. The Morgan fingerprint density at radius 3 is 2.64 bits per heavy atom. The molecule has 0 aliphatic heterocycles. The number of nitrogens with zero attached hydrogens (tertiary/aromatic N) is 1. The first-order valence-corrected chi connectivity index (χ1v) is 4.12. The quantitative estimate of drug-likeness (QED) is 0.589. The summed E-state index contributed by atoms with van der Waals surface area (Å²) in [4.78, 5) is 0. The van der Waals surface area contributed by atoms with E-state index in [0.29, 0.717) is 0 Å². The molecule has 0 aromatic carbocycles. The first kappa shape index (κ1) is 8.34. The molecule has 0 aliphatic carbocycles. The average molecular weight is 153 g/mol. The van der Waals surface area contributed by atoms with Crippen LogP contribution in [0.25, 0.3) is 0 Å². The summed E-state index contributed by atoms with van der Waals surface area (Å²) in [7, 11) is 0. The third-order valence-corrected chi connectivity index (χ3v) is 1.58. The van der Waals surface area contributed by atoms with Crippen LogP contribution < -0.4 is 0 Å². The van der Waals surface area contributed by atoms with Gasteiger partial charge in [-0.1, -0.05) is 0 Å². The molecule has 1 rings (SSSR count). The number of aryl methyl sites for hydroxylation is 1. The number of aromatic nitrogens is 1. The Balaban J connectivity index is 2.04. The van der Waals surface area contributed by atoms with Gasteiger partial charge in [0.1, 0.15) is 0 Å². The fourth-order valence-corrected chi connectivity index (χ4v) is 1.01. The topological polar surface area (TPSA) is 14.2 Å². The monoisotopic (exact) mass is 153 g/mol. The second-order valence-corrected chi connectivity index (χ2v) is 2.47. The van der Waals surface area contributed by atoms with Crippen molar-refractivity contribution in [1.82, 2.24) is 4.57 Å². The van der Waals surface area contributed by atoms with Crippen LogP contribution in [0.3, 0.4) is 0 Å². The van der Waals surface area contributed by atoms with Crippen molar-refractivity contribution in [3.8, 4) is 0 Å². The lowest BCUT2D eigenvalue weighted by atomic mass is 10.4. The summed E-state index contributed by atoms with van der Waals surface area (Å²) in [6.07, 6.45) is 5.25. The predicted octanol–water partition coefficient (Wildman–Crippen LogP) is 1.91. The summed E-state index contributed by atoms with van der Waals surface area (Å²) in [5.74, 6) is 0. The van der Waals surface area contributed by atoms with E-state index < -0.39 is 0 Å². The van der Waals surface area contributed by atoms with Gasteiger partial charge in [0.15, 0.2) is 0 Å². The van der Waals surface area contributed by atoms with Crippen molar-refractivity contribution in [2.75, 3.05) is 13.2 Å². The van der Waals surface area contributed by atoms with Crippen molar-refractivity contribution < 1.29 is 4.74 Å². The average Bonchev–Trinajstić information content (AvgIpc) is 2.50. The van der Waals surface area contributed by atoms with E-state index in [9.17, 15) is 0 Å². The molecule has 0 N–H and O–H groups in total. The van der Waals surface area contributed by atoms with Crippen molar-refractivity contribution in [3.05, 3.63) is 24.5 Å². The number of rotatable bonds is 5. The standard InChI is InChI=1S/C9H15NO/c1-2-11-9-5-8-10-6-3-4-7-10/h3-4,6-7H,2,5,8-9H2,1H3. The van der Waals surface area contributed by atoms with Crippen LogP contribution in [0.5, 0.6) is 0 Å². The minimum Gasteiger partial charge on any atom is -0.382 e. The summed E-state index contributed by atoms with van der Waals surface area (Å²) in [6, 6.07) is 4.08. The van der Waals surface area contributed by atoms with Crippen LogP contribution in [0.15, 0.2) is 24.5 Å². The lowest BCUT2D eigenvalue weighted by Gasteiger charge is -2.02. The lowest BCUT2D eigenvalue weighted by Crippen LogP contribution is -2.00. The van der Waals surface area contributed by atoms with Gasteiger partial charge in [-0.05, 0) is 25.5 Å². The van der Waals surface area contributed by atoms with Gasteiger partial charge >= 0.3 is 0 Å². The molecule has 2 heteroatoms. The van der Waals surface area contributed by atoms with E-state index in [2.05, 4.69) is 17.0 Å². The number of hydrogen-bond donors (Lipinski definition) is 0. The summed E-state index contributed by atoms with van der Waals surface area (Å²) in [5.41, 5.74) is 0. The van der Waals surface area contributed by atoms with E-state index in [1.165, 1.54) is 0 Å². The number of hydrogen-bond acceptors (Lipinski definition) is 1. The molecular formula is C9H15NO. The third kappa shape index (κ3) is 3.23. The molecule has 0 unspecified atom stereocenters. The van der Waals surface area contributed by atoms with E-state index in [1.807, 2.05) is 19.1 Å². The van der Waals surface area contributed by atoms with Gasteiger partial charge in [-0.2, -0.15) is 0 Å². The summed E-state index contributed by atoms with van der Waals surface area (Å²) in [5, 5.41) is 0. The van der Waals surface area contributed by atoms with Crippen molar-refractivity contribution in [3.63, 3.8) is 0 Å². The Hall–Kier alpha value is -0.760. The smallest absolute Gasteiger partial charge is 0.0482 e.